The number of rotatable bonds is 8. The maximum absolute atomic E-state index is 11.0. The van der Waals surface area contributed by atoms with Crippen LogP contribution in [0.2, 0.25) is 0 Å². The van der Waals surface area contributed by atoms with Gasteiger partial charge in [0.05, 0.1) is 4.92 Å². The van der Waals surface area contributed by atoms with Crippen molar-refractivity contribution in [2.45, 2.75) is 39.8 Å². The van der Waals surface area contributed by atoms with Crippen LogP contribution in [-0.2, 0) is 6.54 Å². The molecular formula is C15H21N3O3. The molecule has 0 aliphatic carbocycles. The van der Waals surface area contributed by atoms with Crippen LogP contribution in [0.5, 0.6) is 5.75 Å². The van der Waals surface area contributed by atoms with Gasteiger partial charge in [-0.3, -0.25) is 10.1 Å². The highest BCUT2D eigenvalue weighted by atomic mass is 16.6. The molecule has 0 aliphatic rings. The van der Waals surface area contributed by atoms with Crippen molar-refractivity contribution < 1.29 is 9.66 Å². The molecule has 0 aromatic heterocycles. The van der Waals surface area contributed by atoms with Crippen LogP contribution in [0.3, 0.4) is 0 Å². The van der Waals surface area contributed by atoms with Gasteiger partial charge >= 0.3 is 5.69 Å². The standard InChI is InChI=1S/C15H21N3O3/c1-4-13(8-16)21-15-7-12(10-17-9-11(2)3)5-6-14(15)18(19)20/h5-7,11,13,17H,4,9-10H2,1-3H3. The van der Waals surface area contributed by atoms with Gasteiger partial charge in [-0.15, -0.1) is 0 Å². The first-order valence-corrected chi connectivity index (χ1v) is 7.02. The van der Waals surface area contributed by atoms with Crippen molar-refractivity contribution in [3.8, 4) is 11.8 Å². The molecule has 1 rings (SSSR count). The molecule has 6 nitrogen and oxygen atoms in total. The number of benzene rings is 1. The third-order valence-electron chi connectivity index (χ3n) is 2.89. The van der Waals surface area contributed by atoms with E-state index in [0.29, 0.717) is 18.9 Å². The average Bonchev–Trinajstić information content (AvgIpc) is 2.44. The van der Waals surface area contributed by atoms with Gasteiger partial charge in [-0.25, -0.2) is 0 Å². The quantitative estimate of drug-likeness (QED) is 0.587. The van der Waals surface area contributed by atoms with Gasteiger partial charge in [-0.05, 0) is 30.5 Å². The minimum atomic E-state index is -0.678. The van der Waals surface area contributed by atoms with Gasteiger partial charge in [0.25, 0.3) is 0 Å². The van der Waals surface area contributed by atoms with Crippen molar-refractivity contribution in [2.75, 3.05) is 6.54 Å². The largest absolute Gasteiger partial charge is 0.468 e. The van der Waals surface area contributed by atoms with Crippen LogP contribution in [0.1, 0.15) is 32.8 Å². The van der Waals surface area contributed by atoms with Crippen LogP contribution in [0.25, 0.3) is 0 Å². The molecule has 1 aromatic rings. The number of hydrogen-bond donors (Lipinski definition) is 1. The lowest BCUT2D eigenvalue weighted by Gasteiger charge is -2.12. The number of hydrogen-bond acceptors (Lipinski definition) is 5. The first-order chi connectivity index (χ1) is 9.97. The smallest absolute Gasteiger partial charge is 0.310 e. The number of ether oxygens (including phenoxy) is 1. The number of nitro benzene ring substituents is 1. The zero-order valence-electron chi connectivity index (χ0n) is 12.6. The number of nitro groups is 1. The molecule has 1 atom stereocenters. The van der Waals surface area contributed by atoms with Gasteiger partial charge in [-0.2, -0.15) is 5.26 Å². The fraction of sp³-hybridized carbons (Fsp3) is 0.533. The summed E-state index contributed by atoms with van der Waals surface area (Å²) in [6.45, 7) is 7.48. The Labute approximate surface area is 124 Å². The Balaban J connectivity index is 2.90. The summed E-state index contributed by atoms with van der Waals surface area (Å²) in [5.74, 6) is 0.680. The Morgan fingerprint density at radius 3 is 2.71 bits per heavy atom. The predicted molar refractivity (Wildman–Crippen MR) is 80.0 cm³/mol. The van der Waals surface area contributed by atoms with E-state index in [0.717, 1.165) is 12.1 Å². The van der Waals surface area contributed by atoms with Crippen LogP contribution in [0.4, 0.5) is 5.69 Å². The Hall–Kier alpha value is -2.13. The van der Waals surface area contributed by atoms with E-state index in [1.807, 2.05) is 6.07 Å². The molecule has 0 amide bonds. The first-order valence-electron chi connectivity index (χ1n) is 7.02. The molecule has 0 fully saturated rings. The zero-order valence-corrected chi connectivity index (χ0v) is 12.6. The molecule has 6 heteroatoms. The molecule has 21 heavy (non-hydrogen) atoms. The molecule has 1 N–H and O–H groups in total. The summed E-state index contributed by atoms with van der Waals surface area (Å²) >= 11 is 0. The van der Waals surface area contributed by atoms with Gasteiger partial charge in [0.1, 0.15) is 6.07 Å². The van der Waals surface area contributed by atoms with E-state index >= 15 is 0 Å². The summed E-state index contributed by atoms with van der Waals surface area (Å²) in [4.78, 5) is 10.5. The van der Waals surface area contributed by atoms with Crippen LogP contribution < -0.4 is 10.1 Å². The van der Waals surface area contributed by atoms with Crippen LogP contribution >= 0.6 is 0 Å². The van der Waals surface area contributed by atoms with Crippen molar-refractivity contribution >= 4 is 5.69 Å². The van der Waals surface area contributed by atoms with Gasteiger partial charge < -0.3 is 10.1 Å². The van der Waals surface area contributed by atoms with E-state index in [9.17, 15) is 10.1 Å². The van der Waals surface area contributed by atoms with Crippen molar-refractivity contribution in [3.63, 3.8) is 0 Å². The molecule has 0 bridgehead atoms. The molecule has 0 radical (unpaired) electrons. The maximum Gasteiger partial charge on any atom is 0.310 e. The molecule has 0 aliphatic heterocycles. The Bertz CT molecular complexity index is 523. The van der Waals surface area contributed by atoms with E-state index in [4.69, 9.17) is 10.00 Å². The summed E-state index contributed by atoms with van der Waals surface area (Å²) in [5, 5.41) is 23.2. The van der Waals surface area contributed by atoms with Crippen LogP contribution in [-0.4, -0.2) is 17.6 Å². The van der Waals surface area contributed by atoms with E-state index in [-0.39, 0.29) is 11.4 Å². The number of nitrogens with one attached hydrogen (secondary N) is 1. The van der Waals surface area contributed by atoms with Gasteiger partial charge in [-0.1, -0.05) is 26.8 Å². The fourth-order valence-electron chi connectivity index (χ4n) is 1.77. The molecule has 0 saturated heterocycles. The average molecular weight is 291 g/mol. The fourth-order valence-corrected chi connectivity index (χ4v) is 1.77. The second-order valence-electron chi connectivity index (χ2n) is 5.23. The predicted octanol–water partition coefficient (Wildman–Crippen LogP) is 3.02. The van der Waals surface area contributed by atoms with Gasteiger partial charge in [0, 0.05) is 12.6 Å². The highest BCUT2D eigenvalue weighted by Crippen LogP contribution is 2.29. The van der Waals surface area contributed by atoms with Crippen LogP contribution in [0.15, 0.2) is 18.2 Å². The Morgan fingerprint density at radius 1 is 1.48 bits per heavy atom. The topological polar surface area (TPSA) is 88.2 Å². The normalized spacial score (nSPS) is 12.0. The molecule has 0 heterocycles. The molecule has 114 valence electrons. The minimum absolute atomic E-state index is 0.115. The summed E-state index contributed by atoms with van der Waals surface area (Å²) in [6, 6.07) is 6.74. The van der Waals surface area contributed by atoms with Crippen molar-refractivity contribution in [1.82, 2.24) is 5.32 Å². The minimum Gasteiger partial charge on any atom is -0.468 e. The lowest BCUT2D eigenvalue weighted by Crippen LogP contribution is -2.19. The Morgan fingerprint density at radius 2 is 2.19 bits per heavy atom. The molecule has 0 saturated carbocycles. The van der Waals surface area contributed by atoms with E-state index in [1.165, 1.54) is 6.07 Å². The summed E-state index contributed by atoms with van der Waals surface area (Å²) < 4.78 is 5.44. The number of nitrogens with zero attached hydrogens (tertiary/aromatic N) is 2. The van der Waals surface area contributed by atoms with Crippen molar-refractivity contribution in [2.24, 2.45) is 5.92 Å². The first kappa shape index (κ1) is 16.9. The van der Waals surface area contributed by atoms with E-state index < -0.39 is 11.0 Å². The van der Waals surface area contributed by atoms with E-state index in [1.54, 1.807) is 19.1 Å². The second kappa shape index (κ2) is 8.22. The molecular weight excluding hydrogens is 270 g/mol. The number of nitriles is 1. The molecule has 1 unspecified atom stereocenters. The van der Waals surface area contributed by atoms with Crippen molar-refractivity contribution in [3.05, 3.63) is 33.9 Å². The highest BCUT2D eigenvalue weighted by Gasteiger charge is 2.18. The zero-order chi connectivity index (χ0) is 15.8. The van der Waals surface area contributed by atoms with E-state index in [2.05, 4.69) is 19.2 Å². The summed E-state index contributed by atoms with van der Waals surface area (Å²) in [5.41, 5.74) is 0.778. The Kier molecular flexibility index (Phi) is 6.63. The lowest BCUT2D eigenvalue weighted by molar-refractivity contribution is -0.386. The third kappa shape index (κ3) is 5.40. The molecule has 0 spiro atoms. The van der Waals surface area contributed by atoms with Crippen LogP contribution in [0, 0.1) is 27.4 Å². The van der Waals surface area contributed by atoms with Gasteiger partial charge in [0.15, 0.2) is 11.9 Å². The van der Waals surface area contributed by atoms with Crippen molar-refractivity contribution in [1.29, 1.82) is 5.26 Å². The summed E-state index contributed by atoms with van der Waals surface area (Å²) in [6.07, 6.45) is -0.202. The lowest BCUT2D eigenvalue weighted by atomic mass is 10.1. The second-order valence-corrected chi connectivity index (χ2v) is 5.23. The summed E-state index contributed by atoms with van der Waals surface area (Å²) in [7, 11) is 0. The third-order valence-corrected chi connectivity index (χ3v) is 2.89. The monoisotopic (exact) mass is 291 g/mol. The van der Waals surface area contributed by atoms with Gasteiger partial charge in [0.2, 0.25) is 0 Å². The SMILES string of the molecule is CCC(C#N)Oc1cc(CNCC(C)C)ccc1[N+](=O)[O-]. The maximum atomic E-state index is 11.0. The highest BCUT2D eigenvalue weighted by molar-refractivity contribution is 5.48. The molecule has 1 aromatic carbocycles.